The summed E-state index contributed by atoms with van der Waals surface area (Å²) in [7, 11) is -3.56. The number of aliphatic imine (C=N–C) groups is 1. The van der Waals surface area contributed by atoms with E-state index in [-0.39, 0.29) is 26.7 Å². The number of benzene rings is 1. The van der Waals surface area contributed by atoms with Crippen molar-refractivity contribution in [2.24, 2.45) is 10.1 Å². The van der Waals surface area contributed by atoms with Crippen LogP contribution in [0.25, 0.3) is 6.08 Å². The van der Waals surface area contributed by atoms with Gasteiger partial charge in [0.2, 0.25) is 19.4 Å². The predicted octanol–water partition coefficient (Wildman–Crippen LogP) is 3.75. The summed E-state index contributed by atoms with van der Waals surface area (Å²) in [5, 5.41) is 14.0. The second-order valence-corrected chi connectivity index (χ2v) is 10.8. The molecule has 0 fully saturated rings. The third-order valence-corrected chi connectivity index (χ3v) is 8.23. The molecule has 0 saturated heterocycles. The number of furan rings is 1. The average molecular weight is 461 g/mol. The summed E-state index contributed by atoms with van der Waals surface area (Å²) < 4.78 is 29.7. The number of sulfone groups is 1. The lowest BCUT2D eigenvalue weighted by molar-refractivity contribution is -0.114. The van der Waals surface area contributed by atoms with Crippen LogP contribution < -0.4 is 0 Å². The summed E-state index contributed by atoms with van der Waals surface area (Å²) in [6.07, 6.45) is 1.41. The number of fused-ring (bicyclic) bond motifs is 1. The first-order chi connectivity index (χ1) is 14.3. The van der Waals surface area contributed by atoms with Crippen LogP contribution in [-0.2, 0) is 14.6 Å². The summed E-state index contributed by atoms with van der Waals surface area (Å²) in [6.45, 7) is 3.52. The van der Waals surface area contributed by atoms with Crippen molar-refractivity contribution >= 4 is 60.7 Å². The minimum absolute atomic E-state index is 0.0283. The number of carbonyl (C=O) groups excluding carboxylic acids is 1. The van der Waals surface area contributed by atoms with Crippen LogP contribution >= 0.6 is 23.5 Å². The zero-order valence-electron chi connectivity index (χ0n) is 15.9. The fourth-order valence-corrected chi connectivity index (χ4v) is 5.50. The molecule has 1 amide bonds. The fraction of sp³-hybridized carbons (Fsp3) is 0.158. The van der Waals surface area contributed by atoms with Gasteiger partial charge in [-0.25, -0.2) is 8.42 Å². The monoisotopic (exact) mass is 460 g/mol. The van der Waals surface area contributed by atoms with Crippen molar-refractivity contribution < 1.29 is 17.6 Å². The standard InChI is InChI=1S/C19H16N4O4S3/c1-3-30(25,26)19-22-23-16(20)14(17(24)21-18(23)29-19)10-12-6-9-15(27-12)28-13-7-4-11(2)5-8-13/h4-10,20H,3H2,1-2H3/b14-10-,20-16?. The minimum Gasteiger partial charge on any atom is -0.450 e. The van der Waals surface area contributed by atoms with Crippen LogP contribution in [0.2, 0.25) is 0 Å². The summed E-state index contributed by atoms with van der Waals surface area (Å²) in [4.78, 5) is 17.3. The smallest absolute Gasteiger partial charge is 0.283 e. The minimum atomic E-state index is -3.56. The summed E-state index contributed by atoms with van der Waals surface area (Å²) in [6, 6.07) is 11.5. The van der Waals surface area contributed by atoms with Crippen LogP contribution in [-0.4, -0.2) is 40.5 Å². The van der Waals surface area contributed by atoms with Crippen molar-refractivity contribution in [3.63, 3.8) is 0 Å². The molecular formula is C19H16N4O4S3. The second kappa shape index (κ2) is 7.89. The molecule has 0 unspecified atom stereocenters. The predicted molar refractivity (Wildman–Crippen MR) is 118 cm³/mol. The molecule has 154 valence electrons. The molecule has 2 aliphatic rings. The fourth-order valence-electron chi connectivity index (χ4n) is 2.56. The topological polar surface area (TPSA) is 116 Å². The number of hydrazone groups is 1. The van der Waals surface area contributed by atoms with Gasteiger partial charge in [0.25, 0.3) is 5.91 Å². The van der Waals surface area contributed by atoms with Gasteiger partial charge in [0, 0.05) is 4.90 Å². The highest BCUT2D eigenvalue weighted by molar-refractivity contribution is 8.42. The van der Waals surface area contributed by atoms with Crippen LogP contribution in [0.1, 0.15) is 18.2 Å². The molecule has 0 bridgehead atoms. The molecule has 1 N–H and O–H groups in total. The van der Waals surface area contributed by atoms with Gasteiger partial charge in [0.05, 0.1) is 11.3 Å². The van der Waals surface area contributed by atoms with Crippen LogP contribution in [0.15, 0.2) is 66.5 Å². The Labute approximate surface area is 181 Å². The zero-order valence-corrected chi connectivity index (χ0v) is 18.4. The Balaban J connectivity index is 1.58. The van der Waals surface area contributed by atoms with Gasteiger partial charge in [0.1, 0.15) is 5.76 Å². The number of hydrogen-bond acceptors (Lipinski definition) is 8. The van der Waals surface area contributed by atoms with Gasteiger partial charge in [0.15, 0.2) is 10.9 Å². The van der Waals surface area contributed by atoms with Crippen LogP contribution in [0.5, 0.6) is 0 Å². The number of nitrogens with zero attached hydrogens (tertiary/aromatic N) is 3. The first-order valence-electron chi connectivity index (χ1n) is 8.84. The van der Waals surface area contributed by atoms with Crippen molar-refractivity contribution in [2.75, 3.05) is 5.75 Å². The third-order valence-electron chi connectivity index (χ3n) is 4.21. The van der Waals surface area contributed by atoms with Gasteiger partial charge in [-0.1, -0.05) is 36.4 Å². The van der Waals surface area contributed by atoms with E-state index >= 15 is 0 Å². The van der Waals surface area contributed by atoms with E-state index in [1.165, 1.54) is 24.8 Å². The van der Waals surface area contributed by atoms with Gasteiger partial charge < -0.3 is 4.42 Å². The SMILES string of the molecule is CCS(=O)(=O)C1=NN2C(=N)/C(=C/c3ccc(Sc4ccc(C)cc4)o3)C(=O)N=C2S1. The molecule has 0 saturated carbocycles. The Bertz CT molecular complexity index is 1240. The Morgan fingerprint density at radius 2 is 1.97 bits per heavy atom. The van der Waals surface area contributed by atoms with E-state index in [1.54, 1.807) is 12.1 Å². The molecule has 0 aliphatic carbocycles. The maximum Gasteiger partial charge on any atom is 0.283 e. The average Bonchev–Trinajstić information content (AvgIpc) is 3.34. The van der Waals surface area contributed by atoms with Crippen molar-refractivity contribution in [3.8, 4) is 0 Å². The van der Waals surface area contributed by atoms with Crippen molar-refractivity contribution in [1.29, 1.82) is 5.41 Å². The van der Waals surface area contributed by atoms with E-state index in [0.717, 1.165) is 27.2 Å². The van der Waals surface area contributed by atoms with Gasteiger partial charge in [-0.2, -0.15) is 10.0 Å². The molecule has 11 heteroatoms. The molecule has 0 spiro atoms. The molecule has 30 heavy (non-hydrogen) atoms. The van der Waals surface area contributed by atoms with E-state index in [1.807, 2.05) is 31.2 Å². The van der Waals surface area contributed by atoms with E-state index in [2.05, 4.69) is 10.1 Å². The largest absolute Gasteiger partial charge is 0.450 e. The number of carbonyl (C=O) groups is 1. The van der Waals surface area contributed by atoms with Gasteiger partial charge in [-0.3, -0.25) is 10.2 Å². The van der Waals surface area contributed by atoms with Gasteiger partial charge >= 0.3 is 0 Å². The zero-order chi connectivity index (χ0) is 21.5. The van der Waals surface area contributed by atoms with E-state index in [0.29, 0.717) is 10.9 Å². The molecular weight excluding hydrogens is 444 g/mol. The maximum atomic E-state index is 12.4. The van der Waals surface area contributed by atoms with Crippen LogP contribution in [0.4, 0.5) is 0 Å². The molecule has 1 aromatic heterocycles. The Kier molecular flexibility index (Phi) is 5.43. The molecule has 0 atom stereocenters. The number of amides is 1. The Hall–Kier alpha value is -2.63. The quantitative estimate of drug-likeness (QED) is 0.691. The van der Waals surface area contributed by atoms with Crippen molar-refractivity contribution in [2.45, 2.75) is 23.8 Å². The maximum absolute atomic E-state index is 12.4. The number of amidine groups is 2. The lowest BCUT2D eigenvalue weighted by Crippen LogP contribution is -2.35. The number of hydrogen-bond donors (Lipinski definition) is 1. The molecule has 2 aromatic rings. The third kappa shape index (κ3) is 4.00. The Morgan fingerprint density at radius 3 is 2.67 bits per heavy atom. The van der Waals surface area contributed by atoms with Crippen LogP contribution in [0, 0.1) is 12.3 Å². The van der Waals surface area contributed by atoms with E-state index < -0.39 is 15.7 Å². The number of nitrogens with one attached hydrogen (secondary N) is 1. The number of aryl methyl sites for hydroxylation is 1. The summed E-state index contributed by atoms with van der Waals surface area (Å²) in [5.74, 6) is -0.637. The van der Waals surface area contributed by atoms with Crippen molar-refractivity contribution in [3.05, 3.63) is 53.3 Å². The lowest BCUT2D eigenvalue weighted by Gasteiger charge is -2.19. The Morgan fingerprint density at radius 1 is 1.23 bits per heavy atom. The number of thioether (sulfide) groups is 1. The molecule has 1 aromatic carbocycles. The van der Waals surface area contributed by atoms with Crippen molar-refractivity contribution in [1.82, 2.24) is 5.01 Å². The first-order valence-corrected chi connectivity index (χ1v) is 12.1. The highest BCUT2D eigenvalue weighted by Crippen LogP contribution is 2.32. The molecule has 3 heterocycles. The van der Waals surface area contributed by atoms with E-state index in [4.69, 9.17) is 9.83 Å². The normalized spacial score (nSPS) is 17.9. The second-order valence-electron chi connectivity index (χ2n) is 6.36. The first kappa shape index (κ1) is 20.6. The lowest BCUT2D eigenvalue weighted by atomic mass is 10.1. The molecule has 4 rings (SSSR count). The summed E-state index contributed by atoms with van der Waals surface area (Å²) >= 11 is 2.21. The number of rotatable bonds is 4. The van der Waals surface area contributed by atoms with Gasteiger partial charge in [-0.05, 0) is 49.0 Å². The van der Waals surface area contributed by atoms with E-state index in [9.17, 15) is 13.2 Å². The molecule has 2 aliphatic heterocycles. The molecule has 8 nitrogen and oxygen atoms in total. The highest BCUT2D eigenvalue weighted by Gasteiger charge is 2.39. The highest BCUT2D eigenvalue weighted by atomic mass is 32.3. The molecule has 0 radical (unpaired) electrons. The summed E-state index contributed by atoms with van der Waals surface area (Å²) in [5.41, 5.74) is 1.13. The van der Waals surface area contributed by atoms with Crippen LogP contribution in [0.3, 0.4) is 0 Å². The van der Waals surface area contributed by atoms with Gasteiger partial charge in [-0.15, -0.1) is 5.10 Å².